The maximum atomic E-state index is 12.5. The molecule has 1 saturated carbocycles. The number of rotatable bonds is 4. The first-order valence-electron chi connectivity index (χ1n) is 7.80. The number of carboxylic acid groups (broad SMARTS) is 1. The summed E-state index contributed by atoms with van der Waals surface area (Å²) in [6.45, 7) is 1.83. The van der Waals surface area contributed by atoms with Gasteiger partial charge in [-0.05, 0) is 44.0 Å². The number of nitrogens with one attached hydrogen (secondary N) is 1. The lowest BCUT2D eigenvalue weighted by molar-refractivity contribution is -0.144. The molecule has 1 aliphatic carbocycles. The fourth-order valence-corrected chi connectivity index (χ4v) is 3.29. The SMILES string of the molecule is Cc1cc(C(=O)NC2(C(=O)O)CCCC2)nn1-c1cccc(Cl)c1. The molecule has 1 aromatic carbocycles. The van der Waals surface area contributed by atoms with E-state index in [1.165, 1.54) is 0 Å². The summed E-state index contributed by atoms with van der Waals surface area (Å²) in [5.74, 6) is -1.46. The predicted octanol–water partition coefficient (Wildman–Crippen LogP) is 2.96. The van der Waals surface area contributed by atoms with Gasteiger partial charge in [0.15, 0.2) is 5.69 Å². The number of carbonyl (C=O) groups is 2. The number of amides is 1. The van der Waals surface area contributed by atoms with E-state index in [0.29, 0.717) is 17.9 Å². The molecule has 0 aliphatic heterocycles. The molecule has 1 heterocycles. The Morgan fingerprint density at radius 1 is 1.29 bits per heavy atom. The first kappa shape index (κ1) is 16.5. The summed E-state index contributed by atoms with van der Waals surface area (Å²) in [5, 5.41) is 17.0. The van der Waals surface area contributed by atoms with Crippen molar-refractivity contribution >= 4 is 23.5 Å². The molecule has 24 heavy (non-hydrogen) atoms. The van der Waals surface area contributed by atoms with Crippen molar-refractivity contribution in [3.63, 3.8) is 0 Å². The molecular weight excluding hydrogens is 330 g/mol. The number of nitrogens with zero attached hydrogens (tertiary/aromatic N) is 2. The molecule has 6 nitrogen and oxygen atoms in total. The highest BCUT2D eigenvalue weighted by Crippen LogP contribution is 2.30. The predicted molar refractivity (Wildman–Crippen MR) is 89.6 cm³/mol. The number of aryl methyl sites for hydroxylation is 1. The van der Waals surface area contributed by atoms with E-state index in [9.17, 15) is 14.7 Å². The third-order valence-corrected chi connectivity index (χ3v) is 4.63. The zero-order chi connectivity index (χ0) is 17.3. The second-order valence-electron chi connectivity index (χ2n) is 6.11. The van der Waals surface area contributed by atoms with Gasteiger partial charge in [-0.2, -0.15) is 5.10 Å². The number of carbonyl (C=O) groups excluding carboxylic acids is 1. The van der Waals surface area contributed by atoms with Crippen molar-refractivity contribution in [3.8, 4) is 5.69 Å². The molecule has 1 aromatic heterocycles. The fraction of sp³-hybridized carbons (Fsp3) is 0.353. The van der Waals surface area contributed by atoms with Crippen LogP contribution in [0.4, 0.5) is 0 Å². The standard InChI is InChI=1S/C17H18ClN3O3/c1-11-9-14(20-21(11)13-6-4-5-12(18)10-13)15(22)19-17(16(23)24)7-2-3-8-17/h4-6,9-10H,2-3,7-8H2,1H3,(H,19,22)(H,23,24). The van der Waals surface area contributed by atoms with Gasteiger partial charge in [0.2, 0.25) is 0 Å². The molecule has 126 valence electrons. The molecule has 1 amide bonds. The molecular formula is C17H18ClN3O3. The van der Waals surface area contributed by atoms with Crippen LogP contribution < -0.4 is 5.32 Å². The lowest BCUT2D eigenvalue weighted by Crippen LogP contribution is -2.52. The molecule has 2 aromatic rings. The molecule has 3 rings (SSSR count). The minimum Gasteiger partial charge on any atom is -0.480 e. The fourth-order valence-electron chi connectivity index (χ4n) is 3.11. The van der Waals surface area contributed by atoms with Crippen LogP contribution in [0.2, 0.25) is 5.02 Å². The first-order valence-corrected chi connectivity index (χ1v) is 8.18. The van der Waals surface area contributed by atoms with Crippen LogP contribution in [0, 0.1) is 6.92 Å². The summed E-state index contributed by atoms with van der Waals surface area (Å²) in [6, 6.07) is 8.79. The zero-order valence-corrected chi connectivity index (χ0v) is 14.0. The Hall–Kier alpha value is -2.34. The average Bonchev–Trinajstić information content (AvgIpc) is 3.15. The molecule has 0 radical (unpaired) electrons. The van der Waals surface area contributed by atoms with Crippen LogP contribution >= 0.6 is 11.6 Å². The number of halogens is 1. The van der Waals surface area contributed by atoms with Crippen molar-refractivity contribution in [2.45, 2.75) is 38.1 Å². The lowest BCUT2D eigenvalue weighted by atomic mass is 9.97. The molecule has 0 unspecified atom stereocenters. The maximum Gasteiger partial charge on any atom is 0.329 e. The van der Waals surface area contributed by atoms with Gasteiger partial charge in [-0.15, -0.1) is 0 Å². The Morgan fingerprint density at radius 3 is 2.62 bits per heavy atom. The van der Waals surface area contributed by atoms with Crippen molar-refractivity contribution in [3.05, 3.63) is 46.7 Å². The van der Waals surface area contributed by atoms with Crippen molar-refractivity contribution in [2.24, 2.45) is 0 Å². The average molecular weight is 348 g/mol. The third-order valence-electron chi connectivity index (χ3n) is 4.39. The van der Waals surface area contributed by atoms with Crippen LogP contribution in [0.1, 0.15) is 41.9 Å². The summed E-state index contributed by atoms with van der Waals surface area (Å²) < 4.78 is 1.61. The van der Waals surface area contributed by atoms with Gasteiger partial charge in [0.25, 0.3) is 5.91 Å². The summed E-state index contributed by atoms with van der Waals surface area (Å²) in [4.78, 5) is 24.1. The van der Waals surface area contributed by atoms with Crippen LogP contribution in [-0.2, 0) is 4.79 Å². The van der Waals surface area contributed by atoms with Gasteiger partial charge in [0.1, 0.15) is 5.54 Å². The van der Waals surface area contributed by atoms with Gasteiger partial charge in [-0.25, -0.2) is 9.48 Å². The molecule has 7 heteroatoms. The van der Waals surface area contributed by atoms with Crippen LogP contribution in [0.25, 0.3) is 5.69 Å². The maximum absolute atomic E-state index is 12.5. The Kier molecular flexibility index (Phi) is 4.32. The number of aromatic nitrogens is 2. The number of hydrogen-bond donors (Lipinski definition) is 2. The summed E-state index contributed by atoms with van der Waals surface area (Å²) >= 11 is 6.00. The van der Waals surface area contributed by atoms with Gasteiger partial charge in [0.05, 0.1) is 5.69 Å². The molecule has 0 bridgehead atoms. The topological polar surface area (TPSA) is 84.2 Å². The Balaban J connectivity index is 1.87. The quantitative estimate of drug-likeness (QED) is 0.890. The monoisotopic (exact) mass is 347 g/mol. The zero-order valence-electron chi connectivity index (χ0n) is 13.3. The van der Waals surface area contributed by atoms with Crippen LogP contribution in [0.5, 0.6) is 0 Å². The highest BCUT2D eigenvalue weighted by molar-refractivity contribution is 6.30. The molecule has 0 atom stereocenters. The first-order chi connectivity index (χ1) is 11.4. The van der Waals surface area contributed by atoms with E-state index in [4.69, 9.17) is 11.6 Å². The lowest BCUT2D eigenvalue weighted by Gasteiger charge is -2.24. The summed E-state index contributed by atoms with van der Waals surface area (Å²) in [6.07, 6.45) is 2.48. The highest BCUT2D eigenvalue weighted by atomic mass is 35.5. The van der Waals surface area contributed by atoms with E-state index < -0.39 is 17.4 Å². The number of hydrogen-bond acceptors (Lipinski definition) is 3. The Morgan fingerprint density at radius 2 is 2.00 bits per heavy atom. The van der Waals surface area contributed by atoms with Crippen molar-refractivity contribution in [1.29, 1.82) is 0 Å². The summed E-state index contributed by atoms with van der Waals surface area (Å²) in [5.41, 5.74) is 0.524. The van der Waals surface area contributed by atoms with E-state index in [2.05, 4.69) is 10.4 Å². The second-order valence-corrected chi connectivity index (χ2v) is 6.55. The van der Waals surface area contributed by atoms with E-state index >= 15 is 0 Å². The van der Waals surface area contributed by atoms with E-state index in [1.807, 2.05) is 13.0 Å². The second kappa shape index (κ2) is 6.28. The van der Waals surface area contributed by atoms with Gasteiger partial charge in [0, 0.05) is 10.7 Å². The Labute approximate surface area is 144 Å². The van der Waals surface area contributed by atoms with Gasteiger partial charge in [-0.1, -0.05) is 30.5 Å². The number of aliphatic carboxylic acids is 1. The largest absolute Gasteiger partial charge is 0.480 e. The van der Waals surface area contributed by atoms with Crippen molar-refractivity contribution in [2.75, 3.05) is 0 Å². The number of benzene rings is 1. The Bertz CT molecular complexity index is 794. The highest BCUT2D eigenvalue weighted by Gasteiger charge is 2.43. The van der Waals surface area contributed by atoms with E-state index in [1.54, 1.807) is 28.9 Å². The van der Waals surface area contributed by atoms with Crippen LogP contribution in [0.3, 0.4) is 0 Å². The van der Waals surface area contributed by atoms with Crippen LogP contribution in [0.15, 0.2) is 30.3 Å². The van der Waals surface area contributed by atoms with Crippen molar-refractivity contribution < 1.29 is 14.7 Å². The summed E-state index contributed by atoms with van der Waals surface area (Å²) in [7, 11) is 0. The molecule has 0 saturated heterocycles. The van der Waals surface area contributed by atoms with Gasteiger partial charge in [-0.3, -0.25) is 4.79 Å². The van der Waals surface area contributed by atoms with E-state index in [0.717, 1.165) is 24.2 Å². The normalized spacial score (nSPS) is 16.1. The van der Waals surface area contributed by atoms with Gasteiger partial charge < -0.3 is 10.4 Å². The van der Waals surface area contributed by atoms with Crippen LogP contribution in [-0.4, -0.2) is 32.3 Å². The molecule has 2 N–H and O–H groups in total. The van der Waals surface area contributed by atoms with E-state index in [-0.39, 0.29) is 5.69 Å². The molecule has 1 aliphatic rings. The minimum atomic E-state index is -1.18. The van der Waals surface area contributed by atoms with Crippen molar-refractivity contribution in [1.82, 2.24) is 15.1 Å². The third kappa shape index (κ3) is 3.01. The van der Waals surface area contributed by atoms with Gasteiger partial charge >= 0.3 is 5.97 Å². The molecule has 0 spiro atoms. The molecule has 1 fully saturated rings. The number of carboxylic acids is 1. The smallest absolute Gasteiger partial charge is 0.329 e. The minimum absolute atomic E-state index is 0.194.